The Morgan fingerprint density at radius 3 is 2.48 bits per heavy atom. The molecule has 136 valence electrons. The Morgan fingerprint density at radius 2 is 1.80 bits per heavy atom. The lowest BCUT2D eigenvalue weighted by Crippen LogP contribution is -2.49. The van der Waals surface area contributed by atoms with Crippen molar-refractivity contribution in [3.8, 4) is 0 Å². The number of anilines is 1. The maximum atomic E-state index is 12.6. The fraction of sp³-hybridized carbons (Fsp3) is 0.579. The third kappa shape index (κ3) is 4.51. The van der Waals surface area contributed by atoms with E-state index < -0.39 is 0 Å². The van der Waals surface area contributed by atoms with Gasteiger partial charge in [-0.05, 0) is 43.7 Å². The predicted octanol–water partition coefficient (Wildman–Crippen LogP) is 1.24. The molecule has 1 aromatic carbocycles. The molecule has 4 N–H and O–H groups in total. The molecule has 1 saturated carbocycles. The van der Waals surface area contributed by atoms with Gasteiger partial charge in [-0.25, -0.2) is 0 Å². The van der Waals surface area contributed by atoms with Gasteiger partial charge in [-0.3, -0.25) is 9.59 Å². The SMILES string of the molecule is Nc1ccccc1C(=O)NCC1CCC(C(=O)N2CCNCC2)CC1. The van der Waals surface area contributed by atoms with Crippen molar-refractivity contribution in [2.24, 2.45) is 11.8 Å². The maximum Gasteiger partial charge on any atom is 0.253 e. The minimum atomic E-state index is -0.114. The molecule has 0 atom stereocenters. The van der Waals surface area contributed by atoms with Crippen molar-refractivity contribution < 1.29 is 9.59 Å². The van der Waals surface area contributed by atoms with Crippen LogP contribution < -0.4 is 16.4 Å². The molecule has 2 aliphatic rings. The molecule has 1 aliphatic heterocycles. The Labute approximate surface area is 149 Å². The zero-order chi connectivity index (χ0) is 17.6. The molecule has 0 spiro atoms. The molecule has 0 aromatic heterocycles. The standard InChI is InChI=1S/C19H28N4O2/c20-17-4-2-1-3-16(17)18(24)22-13-14-5-7-15(8-6-14)19(25)23-11-9-21-10-12-23/h1-4,14-15,21H,5-13,20H2,(H,22,24). The number of para-hydroxylation sites is 1. The van der Waals surface area contributed by atoms with Crippen molar-refractivity contribution >= 4 is 17.5 Å². The van der Waals surface area contributed by atoms with E-state index in [-0.39, 0.29) is 11.8 Å². The van der Waals surface area contributed by atoms with Crippen LogP contribution in [0.25, 0.3) is 0 Å². The summed E-state index contributed by atoms with van der Waals surface area (Å²) in [5.41, 5.74) is 6.88. The van der Waals surface area contributed by atoms with E-state index in [9.17, 15) is 9.59 Å². The highest BCUT2D eigenvalue weighted by Crippen LogP contribution is 2.30. The van der Waals surface area contributed by atoms with Crippen LogP contribution >= 0.6 is 0 Å². The molecule has 2 fully saturated rings. The van der Waals surface area contributed by atoms with Crippen molar-refractivity contribution in [1.82, 2.24) is 15.5 Å². The van der Waals surface area contributed by atoms with Gasteiger partial charge >= 0.3 is 0 Å². The van der Waals surface area contributed by atoms with Gasteiger partial charge in [-0.1, -0.05) is 12.1 Å². The molecule has 6 heteroatoms. The van der Waals surface area contributed by atoms with E-state index in [1.54, 1.807) is 12.1 Å². The van der Waals surface area contributed by atoms with Crippen LogP contribution in [0.2, 0.25) is 0 Å². The summed E-state index contributed by atoms with van der Waals surface area (Å²) < 4.78 is 0. The summed E-state index contributed by atoms with van der Waals surface area (Å²) in [4.78, 5) is 26.8. The van der Waals surface area contributed by atoms with Gasteiger partial charge in [-0.15, -0.1) is 0 Å². The number of piperazine rings is 1. The summed E-state index contributed by atoms with van der Waals surface area (Å²) in [6.07, 6.45) is 3.84. The summed E-state index contributed by atoms with van der Waals surface area (Å²) >= 11 is 0. The molecule has 0 radical (unpaired) electrons. The largest absolute Gasteiger partial charge is 0.398 e. The molecular formula is C19H28N4O2. The zero-order valence-electron chi connectivity index (χ0n) is 14.7. The van der Waals surface area contributed by atoms with E-state index in [0.29, 0.717) is 29.6 Å². The first kappa shape index (κ1) is 17.7. The lowest BCUT2D eigenvalue weighted by molar-refractivity contribution is -0.137. The first-order chi connectivity index (χ1) is 12.1. The Kier molecular flexibility index (Phi) is 5.91. The maximum absolute atomic E-state index is 12.6. The second-order valence-electron chi connectivity index (χ2n) is 7.09. The van der Waals surface area contributed by atoms with E-state index in [4.69, 9.17) is 5.73 Å². The molecule has 1 heterocycles. The number of amides is 2. The molecule has 2 amide bonds. The minimum absolute atomic E-state index is 0.114. The van der Waals surface area contributed by atoms with Gasteiger partial charge in [0.1, 0.15) is 0 Å². The van der Waals surface area contributed by atoms with Crippen molar-refractivity contribution in [1.29, 1.82) is 0 Å². The first-order valence-electron chi connectivity index (χ1n) is 9.27. The number of rotatable bonds is 4. The second kappa shape index (κ2) is 8.34. The van der Waals surface area contributed by atoms with Crippen LogP contribution in [0.1, 0.15) is 36.0 Å². The number of hydrogen-bond acceptors (Lipinski definition) is 4. The van der Waals surface area contributed by atoms with Crippen LogP contribution in [0.3, 0.4) is 0 Å². The normalized spacial score (nSPS) is 23.9. The summed E-state index contributed by atoms with van der Waals surface area (Å²) in [5.74, 6) is 0.814. The monoisotopic (exact) mass is 344 g/mol. The van der Waals surface area contributed by atoms with Crippen LogP contribution in [0, 0.1) is 11.8 Å². The summed E-state index contributed by atoms with van der Waals surface area (Å²) in [6, 6.07) is 7.12. The third-order valence-corrected chi connectivity index (χ3v) is 5.38. The Bertz CT molecular complexity index is 605. The van der Waals surface area contributed by atoms with Crippen LogP contribution in [-0.2, 0) is 4.79 Å². The number of carbonyl (C=O) groups is 2. The van der Waals surface area contributed by atoms with Gasteiger partial charge in [0, 0.05) is 44.3 Å². The number of nitrogens with two attached hydrogens (primary N) is 1. The molecule has 1 aromatic rings. The smallest absolute Gasteiger partial charge is 0.253 e. The third-order valence-electron chi connectivity index (χ3n) is 5.38. The van der Waals surface area contributed by atoms with Crippen molar-refractivity contribution in [2.75, 3.05) is 38.5 Å². The van der Waals surface area contributed by atoms with E-state index in [1.807, 2.05) is 17.0 Å². The van der Waals surface area contributed by atoms with Crippen LogP contribution in [0.5, 0.6) is 0 Å². The number of benzene rings is 1. The van der Waals surface area contributed by atoms with Crippen LogP contribution in [-0.4, -0.2) is 49.4 Å². The summed E-state index contributed by atoms with van der Waals surface area (Å²) in [7, 11) is 0. The predicted molar refractivity (Wildman–Crippen MR) is 98.1 cm³/mol. The minimum Gasteiger partial charge on any atom is -0.398 e. The molecule has 1 saturated heterocycles. The summed E-state index contributed by atoms with van der Waals surface area (Å²) in [6.45, 7) is 4.10. The van der Waals surface area contributed by atoms with Crippen molar-refractivity contribution in [2.45, 2.75) is 25.7 Å². The molecule has 6 nitrogen and oxygen atoms in total. The summed E-state index contributed by atoms with van der Waals surface area (Å²) in [5, 5.41) is 6.28. The number of nitrogens with one attached hydrogen (secondary N) is 2. The van der Waals surface area contributed by atoms with Crippen molar-refractivity contribution in [3.63, 3.8) is 0 Å². The van der Waals surface area contributed by atoms with Gasteiger partial charge in [0.15, 0.2) is 0 Å². The number of nitrogens with zero attached hydrogens (tertiary/aromatic N) is 1. The molecule has 0 unspecified atom stereocenters. The van der Waals surface area contributed by atoms with Gasteiger partial charge in [0.2, 0.25) is 5.91 Å². The molecule has 25 heavy (non-hydrogen) atoms. The van der Waals surface area contributed by atoms with Crippen LogP contribution in [0.4, 0.5) is 5.69 Å². The van der Waals surface area contributed by atoms with E-state index in [1.165, 1.54) is 0 Å². The topological polar surface area (TPSA) is 87.5 Å². The quantitative estimate of drug-likeness (QED) is 0.717. The van der Waals surface area contributed by atoms with E-state index in [2.05, 4.69) is 10.6 Å². The fourth-order valence-electron chi connectivity index (χ4n) is 3.79. The van der Waals surface area contributed by atoms with Gasteiger partial charge < -0.3 is 21.3 Å². The Morgan fingerprint density at radius 1 is 1.12 bits per heavy atom. The Balaban J connectivity index is 1.42. The average Bonchev–Trinajstić information content (AvgIpc) is 2.67. The Hall–Kier alpha value is -2.08. The highest BCUT2D eigenvalue weighted by atomic mass is 16.2. The first-order valence-corrected chi connectivity index (χ1v) is 9.27. The highest BCUT2D eigenvalue weighted by Gasteiger charge is 2.30. The molecule has 1 aliphatic carbocycles. The second-order valence-corrected chi connectivity index (χ2v) is 7.09. The lowest BCUT2D eigenvalue weighted by atomic mass is 9.81. The molecule has 0 bridgehead atoms. The van der Waals surface area contributed by atoms with E-state index >= 15 is 0 Å². The number of hydrogen-bond donors (Lipinski definition) is 3. The fourth-order valence-corrected chi connectivity index (χ4v) is 3.79. The average molecular weight is 344 g/mol. The van der Waals surface area contributed by atoms with Crippen molar-refractivity contribution in [3.05, 3.63) is 29.8 Å². The van der Waals surface area contributed by atoms with Gasteiger partial charge in [0.05, 0.1) is 5.56 Å². The zero-order valence-corrected chi connectivity index (χ0v) is 14.7. The highest BCUT2D eigenvalue weighted by molar-refractivity contribution is 5.99. The van der Waals surface area contributed by atoms with Gasteiger partial charge in [0.25, 0.3) is 5.91 Å². The van der Waals surface area contributed by atoms with Gasteiger partial charge in [-0.2, -0.15) is 0 Å². The number of nitrogen functional groups attached to an aromatic ring is 1. The lowest BCUT2D eigenvalue weighted by Gasteiger charge is -2.34. The van der Waals surface area contributed by atoms with Crippen LogP contribution in [0.15, 0.2) is 24.3 Å². The number of carbonyl (C=O) groups excluding carboxylic acids is 2. The molecule has 3 rings (SSSR count). The van der Waals surface area contributed by atoms with E-state index in [0.717, 1.165) is 51.9 Å². The molecular weight excluding hydrogens is 316 g/mol.